The molecule has 0 bridgehead atoms. The lowest BCUT2D eigenvalue weighted by atomic mass is 9.78. The number of aliphatic hydroxyl groups excluding tert-OH is 3. The maximum absolute atomic E-state index is 9.99. The van der Waals surface area contributed by atoms with E-state index in [2.05, 4.69) is 19.7 Å². The molecular formula is C25H46O14. The van der Waals surface area contributed by atoms with Crippen molar-refractivity contribution >= 4 is 17.9 Å². The van der Waals surface area contributed by atoms with Crippen LogP contribution in [0, 0.1) is 5.41 Å². The van der Waals surface area contributed by atoms with Gasteiger partial charge in [-0.1, -0.05) is 19.7 Å². The topological polar surface area (TPSA) is 219 Å². The molecule has 230 valence electrons. The van der Waals surface area contributed by atoms with Crippen molar-refractivity contribution in [1.82, 2.24) is 0 Å². The summed E-state index contributed by atoms with van der Waals surface area (Å²) in [6.45, 7) is 16.6. The highest BCUT2D eigenvalue weighted by molar-refractivity contribution is 5.79. The Kier molecular flexibility index (Phi) is 28.4. The molecule has 0 aromatic heterocycles. The Labute approximate surface area is 229 Å². The van der Waals surface area contributed by atoms with Gasteiger partial charge in [0.15, 0.2) is 0 Å². The molecule has 0 unspecified atom stereocenters. The van der Waals surface area contributed by atoms with Gasteiger partial charge in [-0.2, -0.15) is 0 Å². The average molecular weight is 571 g/mol. The lowest BCUT2D eigenvalue weighted by Gasteiger charge is -2.54. The normalized spacial score (nSPS) is 10.8. The van der Waals surface area contributed by atoms with Crippen LogP contribution in [0.4, 0.5) is 0 Å². The first-order chi connectivity index (χ1) is 18.3. The second-order valence-electron chi connectivity index (χ2n) is 6.72. The molecule has 0 aromatic carbocycles. The summed E-state index contributed by atoms with van der Waals surface area (Å²) in [6, 6.07) is 0. The molecule has 14 nitrogen and oxygen atoms in total. The van der Waals surface area contributed by atoms with Crippen molar-refractivity contribution in [2.24, 2.45) is 5.41 Å². The minimum atomic E-state index is -1.89. The molecule has 0 aliphatic rings. The largest absolute Gasteiger partial charge is 0.478 e. The number of rotatable bonds is 18. The van der Waals surface area contributed by atoms with E-state index < -0.39 is 54.9 Å². The fourth-order valence-corrected chi connectivity index (χ4v) is 2.70. The Morgan fingerprint density at radius 3 is 0.897 bits per heavy atom. The summed E-state index contributed by atoms with van der Waals surface area (Å²) in [7, 11) is 0. The summed E-state index contributed by atoms with van der Waals surface area (Å²) in [5.74, 6) is -6.70. The molecule has 0 aliphatic carbocycles. The van der Waals surface area contributed by atoms with Gasteiger partial charge in [-0.25, -0.2) is 14.4 Å². The summed E-state index contributed by atoms with van der Waals surface area (Å²) < 4.78 is 29.0. The molecule has 14 heteroatoms. The number of aliphatic hydroxyl groups is 3. The standard InChI is InChI=1S/C16H34O8.3C3H4O2/c1-6-20-15(21-7-2,14(11-17,12-18)13-19)16(22-8-3,23-9-4)24-10-5;3*1-2-3(4)5/h17-19H,6-13H2,1-5H3;3*2H,1H2,(H,4,5). The highest BCUT2D eigenvalue weighted by Gasteiger charge is 2.69. The Morgan fingerprint density at radius 2 is 0.769 bits per heavy atom. The number of carboxylic acid groups (broad SMARTS) is 3. The minimum absolute atomic E-state index is 0.150. The van der Waals surface area contributed by atoms with Crippen LogP contribution >= 0.6 is 0 Å². The van der Waals surface area contributed by atoms with E-state index in [1.807, 2.05) is 0 Å². The van der Waals surface area contributed by atoms with Gasteiger partial charge in [0.25, 0.3) is 5.79 Å². The highest BCUT2D eigenvalue weighted by Crippen LogP contribution is 2.47. The SMILES string of the molecule is C=CC(=O)O.C=CC(=O)O.C=CC(=O)O.CCOC(OCC)(OCC)C(OCC)(OCC)C(CO)(CO)CO. The molecule has 39 heavy (non-hydrogen) atoms. The van der Waals surface area contributed by atoms with Gasteiger partial charge >= 0.3 is 23.9 Å². The molecule has 0 fully saturated rings. The van der Waals surface area contributed by atoms with E-state index in [0.717, 1.165) is 18.2 Å². The first-order valence-electron chi connectivity index (χ1n) is 11.9. The Morgan fingerprint density at radius 1 is 0.564 bits per heavy atom. The number of carboxylic acids is 3. The first kappa shape index (κ1) is 43.4. The number of hydrogen-bond acceptors (Lipinski definition) is 11. The van der Waals surface area contributed by atoms with Gasteiger partial charge in [-0.05, 0) is 34.6 Å². The van der Waals surface area contributed by atoms with Crippen LogP contribution in [-0.2, 0) is 38.1 Å². The van der Waals surface area contributed by atoms with Crippen molar-refractivity contribution in [3.05, 3.63) is 38.0 Å². The zero-order valence-corrected chi connectivity index (χ0v) is 23.5. The second-order valence-corrected chi connectivity index (χ2v) is 6.72. The van der Waals surface area contributed by atoms with Crippen molar-refractivity contribution in [2.45, 2.75) is 46.4 Å². The van der Waals surface area contributed by atoms with Crippen molar-refractivity contribution in [1.29, 1.82) is 0 Å². The van der Waals surface area contributed by atoms with E-state index in [-0.39, 0.29) is 33.0 Å². The summed E-state index contributed by atoms with van der Waals surface area (Å²) in [5.41, 5.74) is -1.63. The maximum atomic E-state index is 9.99. The quantitative estimate of drug-likeness (QED) is 0.101. The molecule has 0 aliphatic heterocycles. The number of aliphatic carboxylic acids is 3. The van der Waals surface area contributed by atoms with E-state index in [1.54, 1.807) is 34.6 Å². The summed E-state index contributed by atoms with van der Waals surface area (Å²) in [4.78, 5) is 27.8. The van der Waals surface area contributed by atoms with Gasteiger partial charge in [-0.15, -0.1) is 0 Å². The van der Waals surface area contributed by atoms with Gasteiger partial charge in [-0.3, -0.25) is 0 Å². The van der Waals surface area contributed by atoms with Crippen molar-refractivity contribution in [2.75, 3.05) is 52.9 Å². The highest BCUT2D eigenvalue weighted by atomic mass is 16.9. The van der Waals surface area contributed by atoms with Gasteiger partial charge in [0.05, 0.1) is 19.8 Å². The van der Waals surface area contributed by atoms with Crippen LogP contribution in [0.5, 0.6) is 0 Å². The monoisotopic (exact) mass is 570 g/mol. The van der Waals surface area contributed by atoms with E-state index in [1.165, 1.54) is 0 Å². The summed E-state index contributed by atoms with van der Waals surface area (Å²) in [6.07, 6.45) is 2.50. The Bertz CT molecular complexity index is 614. The third kappa shape index (κ3) is 15.5. The predicted octanol–water partition coefficient (Wildman–Crippen LogP) is 1.25. The molecule has 0 rings (SSSR count). The summed E-state index contributed by atoms with van der Waals surface area (Å²) in [5, 5.41) is 52.8. The van der Waals surface area contributed by atoms with Gasteiger partial charge in [0.1, 0.15) is 5.41 Å². The van der Waals surface area contributed by atoms with Crippen LogP contribution in [0.2, 0.25) is 0 Å². The molecule has 0 amide bonds. The molecule has 0 atom stereocenters. The molecule has 0 radical (unpaired) electrons. The predicted molar refractivity (Wildman–Crippen MR) is 141 cm³/mol. The maximum Gasteiger partial charge on any atom is 0.341 e. The minimum Gasteiger partial charge on any atom is -0.478 e. The van der Waals surface area contributed by atoms with Gasteiger partial charge in [0.2, 0.25) is 0 Å². The van der Waals surface area contributed by atoms with E-state index in [9.17, 15) is 29.7 Å². The molecule has 0 heterocycles. The third-order valence-electron chi connectivity index (χ3n) is 4.23. The van der Waals surface area contributed by atoms with Gasteiger partial charge < -0.3 is 54.3 Å². The molecular weight excluding hydrogens is 524 g/mol. The van der Waals surface area contributed by atoms with Crippen LogP contribution in [-0.4, -0.2) is 113 Å². The molecule has 0 spiro atoms. The average Bonchev–Trinajstić information content (AvgIpc) is 2.91. The van der Waals surface area contributed by atoms with Crippen molar-refractivity contribution in [3.63, 3.8) is 0 Å². The lowest BCUT2D eigenvalue weighted by molar-refractivity contribution is -0.523. The smallest absolute Gasteiger partial charge is 0.341 e. The number of ether oxygens (including phenoxy) is 5. The van der Waals surface area contributed by atoms with Gasteiger partial charge in [0, 0.05) is 51.3 Å². The zero-order chi connectivity index (χ0) is 31.5. The number of hydrogen-bond donors (Lipinski definition) is 6. The second kappa shape index (κ2) is 25.6. The van der Waals surface area contributed by atoms with Crippen LogP contribution in [0.3, 0.4) is 0 Å². The fourth-order valence-electron chi connectivity index (χ4n) is 2.70. The molecule has 0 saturated heterocycles. The van der Waals surface area contributed by atoms with Crippen molar-refractivity contribution < 1.29 is 68.7 Å². The van der Waals surface area contributed by atoms with Crippen LogP contribution < -0.4 is 0 Å². The molecule has 0 saturated carbocycles. The van der Waals surface area contributed by atoms with Crippen LogP contribution in [0.15, 0.2) is 38.0 Å². The zero-order valence-electron chi connectivity index (χ0n) is 23.5. The Hall–Kier alpha value is -2.69. The van der Waals surface area contributed by atoms with Crippen molar-refractivity contribution in [3.8, 4) is 0 Å². The van der Waals surface area contributed by atoms with E-state index in [0.29, 0.717) is 0 Å². The van der Waals surface area contributed by atoms with Crippen LogP contribution in [0.1, 0.15) is 34.6 Å². The molecule has 6 N–H and O–H groups in total. The lowest BCUT2D eigenvalue weighted by Crippen LogP contribution is -2.73. The van der Waals surface area contributed by atoms with E-state index in [4.69, 9.17) is 39.0 Å². The Balaban J connectivity index is -0.000000330. The summed E-state index contributed by atoms with van der Waals surface area (Å²) >= 11 is 0. The van der Waals surface area contributed by atoms with Crippen LogP contribution in [0.25, 0.3) is 0 Å². The molecule has 0 aromatic rings. The van der Waals surface area contributed by atoms with E-state index >= 15 is 0 Å². The fraction of sp³-hybridized carbons (Fsp3) is 0.640. The number of carbonyl (C=O) groups is 3. The third-order valence-corrected chi connectivity index (χ3v) is 4.23. The first-order valence-corrected chi connectivity index (χ1v) is 11.9.